The van der Waals surface area contributed by atoms with Crippen LogP contribution >= 0.6 is 11.6 Å². The van der Waals surface area contributed by atoms with Crippen molar-refractivity contribution in [2.24, 2.45) is 0 Å². The van der Waals surface area contributed by atoms with E-state index in [0.29, 0.717) is 13.1 Å². The van der Waals surface area contributed by atoms with Gasteiger partial charge in [0.1, 0.15) is 0 Å². The summed E-state index contributed by atoms with van der Waals surface area (Å²) in [4.78, 5) is 24.2. The zero-order valence-corrected chi connectivity index (χ0v) is 12.0. The first-order valence-electron chi connectivity index (χ1n) is 6.27. The van der Waals surface area contributed by atoms with Gasteiger partial charge in [0.15, 0.2) is 0 Å². The van der Waals surface area contributed by atoms with Crippen molar-refractivity contribution in [3.05, 3.63) is 38.9 Å². The van der Waals surface area contributed by atoms with Crippen molar-refractivity contribution in [3.63, 3.8) is 0 Å². The summed E-state index contributed by atoms with van der Waals surface area (Å²) in [6.45, 7) is 4.76. The van der Waals surface area contributed by atoms with Crippen LogP contribution in [0.15, 0.2) is 18.2 Å². The Hall–Kier alpha value is -1.66. The third-order valence-corrected chi connectivity index (χ3v) is 3.41. The average molecular weight is 299 g/mol. The van der Waals surface area contributed by atoms with Crippen molar-refractivity contribution in [2.75, 3.05) is 13.1 Å². The third-order valence-electron chi connectivity index (χ3n) is 3.10. The average Bonchev–Trinajstić information content (AvgIpc) is 2.36. The van der Waals surface area contributed by atoms with Crippen molar-refractivity contribution in [1.29, 1.82) is 0 Å². The minimum Gasteiger partial charge on any atom is -0.372 e. The molecule has 2 unspecified atom stereocenters. The summed E-state index contributed by atoms with van der Waals surface area (Å²) in [5.74, 6) is -0.230. The van der Waals surface area contributed by atoms with Crippen molar-refractivity contribution in [2.45, 2.75) is 26.1 Å². The number of ether oxygens (including phenoxy) is 1. The molecule has 1 saturated heterocycles. The summed E-state index contributed by atoms with van der Waals surface area (Å²) in [6.07, 6.45) is -0.0842. The molecule has 0 bridgehead atoms. The molecule has 0 radical (unpaired) electrons. The summed E-state index contributed by atoms with van der Waals surface area (Å²) in [5.41, 5.74) is 0.147. The van der Waals surface area contributed by atoms with Crippen LogP contribution in [0.4, 0.5) is 5.69 Å². The van der Waals surface area contributed by atoms with Gasteiger partial charge < -0.3 is 9.64 Å². The smallest absolute Gasteiger partial charge is 0.270 e. The molecule has 0 aliphatic carbocycles. The molecule has 0 N–H and O–H groups in total. The lowest BCUT2D eigenvalue weighted by atomic mass is 10.1. The van der Waals surface area contributed by atoms with Crippen LogP contribution in [0.1, 0.15) is 24.2 Å². The molecular weight excluding hydrogens is 284 g/mol. The maximum absolute atomic E-state index is 12.4. The second-order valence-corrected chi connectivity index (χ2v) is 5.30. The Morgan fingerprint density at radius 3 is 2.50 bits per heavy atom. The fraction of sp³-hybridized carbons (Fsp3) is 0.462. The van der Waals surface area contributed by atoms with Crippen LogP contribution < -0.4 is 0 Å². The predicted octanol–water partition coefficient (Wildman–Crippen LogP) is 2.50. The SMILES string of the molecule is CC1CN(C(=O)c2ccc([N+](=O)[O-])cc2Cl)CC(C)O1. The first-order chi connectivity index (χ1) is 9.38. The molecule has 1 amide bonds. The van der Waals surface area contributed by atoms with Gasteiger partial charge in [-0.1, -0.05) is 11.6 Å². The van der Waals surface area contributed by atoms with E-state index in [-0.39, 0.29) is 34.4 Å². The van der Waals surface area contributed by atoms with Crippen LogP contribution in [0.3, 0.4) is 0 Å². The summed E-state index contributed by atoms with van der Waals surface area (Å²) in [5, 5.41) is 10.8. The molecule has 2 atom stereocenters. The quantitative estimate of drug-likeness (QED) is 0.621. The fourth-order valence-corrected chi connectivity index (χ4v) is 2.56. The molecule has 0 aromatic heterocycles. The van der Waals surface area contributed by atoms with Crippen LogP contribution in [-0.4, -0.2) is 41.0 Å². The predicted molar refractivity (Wildman–Crippen MR) is 74.0 cm³/mol. The molecule has 1 aliphatic heterocycles. The monoisotopic (exact) mass is 298 g/mol. The Labute approximate surface area is 121 Å². The van der Waals surface area contributed by atoms with Gasteiger partial charge in [0.25, 0.3) is 11.6 Å². The van der Waals surface area contributed by atoms with Crippen LogP contribution in [0, 0.1) is 10.1 Å². The molecule has 7 heteroatoms. The van der Waals surface area contributed by atoms with Crippen molar-refractivity contribution < 1.29 is 14.5 Å². The molecule has 0 saturated carbocycles. The molecule has 2 rings (SSSR count). The Morgan fingerprint density at radius 1 is 1.40 bits per heavy atom. The van der Waals surface area contributed by atoms with E-state index in [2.05, 4.69) is 0 Å². The summed E-state index contributed by atoms with van der Waals surface area (Å²) in [7, 11) is 0. The number of carbonyl (C=O) groups is 1. The van der Waals surface area contributed by atoms with Gasteiger partial charge in [-0.05, 0) is 19.9 Å². The molecule has 1 aromatic carbocycles. The lowest BCUT2D eigenvalue weighted by molar-refractivity contribution is -0.384. The van der Waals surface area contributed by atoms with E-state index in [0.717, 1.165) is 0 Å². The molecular formula is C13H15ClN2O4. The van der Waals surface area contributed by atoms with Gasteiger partial charge in [-0.3, -0.25) is 14.9 Å². The number of morpholine rings is 1. The number of benzene rings is 1. The Morgan fingerprint density at radius 2 is 2.00 bits per heavy atom. The topological polar surface area (TPSA) is 72.7 Å². The van der Waals surface area contributed by atoms with Gasteiger partial charge in [0.05, 0.1) is 27.7 Å². The fourth-order valence-electron chi connectivity index (χ4n) is 2.31. The largest absolute Gasteiger partial charge is 0.372 e. The molecule has 0 spiro atoms. The van der Waals surface area contributed by atoms with E-state index in [1.807, 2.05) is 13.8 Å². The highest BCUT2D eigenvalue weighted by molar-refractivity contribution is 6.34. The maximum Gasteiger partial charge on any atom is 0.270 e. The number of halogens is 1. The molecule has 1 fully saturated rings. The molecule has 1 aromatic rings. The van der Waals surface area contributed by atoms with E-state index >= 15 is 0 Å². The second kappa shape index (κ2) is 5.76. The number of non-ortho nitro benzene ring substituents is 1. The molecule has 108 valence electrons. The minimum atomic E-state index is -0.543. The Kier molecular flexibility index (Phi) is 4.25. The van der Waals surface area contributed by atoms with E-state index in [4.69, 9.17) is 16.3 Å². The molecule has 1 heterocycles. The summed E-state index contributed by atoms with van der Waals surface area (Å²) >= 11 is 5.98. The van der Waals surface area contributed by atoms with E-state index in [9.17, 15) is 14.9 Å². The number of amides is 1. The third kappa shape index (κ3) is 3.08. The van der Waals surface area contributed by atoms with Gasteiger partial charge in [0.2, 0.25) is 0 Å². The number of hydrogen-bond donors (Lipinski definition) is 0. The van der Waals surface area contributed by atoms with Gasteiger partial charge in [0, 0.05) is 25.2 Å². The molecule has 6 nitrogen and oxygen atoms in total. The standard InChI is InChI=1S/C13H15ClN2O4/c1-8-6-15(7-9(2)20-8)13(17)11-4-3-10(16(18)19)5-12(11)14/h3-5,8-9H,6-7H2,1-2H3. The zero-order valence-electron chi connectivity index (χ0n) is 11.2. The van der Waals surface area contributed by atoms with Gasteiger partial charge in [-0.2, -0.15) is 0 Å². The Balaban J connectivity index is 2.23. The van der Waals surface area contributed by atoms with Gasteiger partial charge in [-0.25, -0.2) is 0 Å². The number of hydrogen-bond acceptors (Lipinski definition) is 4. The zero-order chi connectivity index (χ0) is 14.9. The maximum atomic E-state index is 12.4. The van der Waals surface area contributed by atoms with Crippen molar-refractivity contribution in [1.82, 2.24) is 4.90 Å². The first kappa shape index (κ1) is 14.7. The summed E-state index contributed by atoms with van der Waals surface area (Å²) < 4.78 is 5.57. The number of rotatable bonds is 2. The van der Waals surface area contributed by atoms with Crippen molar-refractivity contribution in [3.8, 4) is 0 Å². The lowest BCUT2D eigenvalue weighted by Crippen LogP contribution is -2.48. The number of nitro groups is 1. The number of nitrogens with zero attached hydrogens (tertiary/aromatic N) is 2. The lowest BCUT2D eigenvalue weighted by Gasteiger charge is -2.35. The van der Waals surface area contributed by atoms with E-state index < -0.39 is 4.92 Å². The highest BCUT2D eigenvalue weighted by Crippen LogP contribution is 2.24. The second-order valence-electron chi connectivity index (χ2n) is 4.89. The van der Waals surface area contributed by atoms with Crippen LogP contribution in [0.5, 0.6) is 0 Å². The van der Waals surface area contributed by atoms with Crippen LogP contribution in [0.25, 0.3) is 0 Å². The van der Waals surface area contributed by atoms with Gasteiger partial charge in [-0.15, -0.1) is 0 Å². The van der Waals surface area contributed by atoms with Crippen LogP contribution in [0.2, 0.25) is 5.02 Å². The first-order valence-corrected chi connectivity index (χ1v) is 6.65. The van der Waals surface area contributed by atoms with Crippen LogP contribution in [-0.2, 0) is 4.74 Å². The molecule has 20 heavy (non-hydrogen) atoms. The Bertz CT molecular complexity index is 539. The normalized spacial score (nSPS) is 22.6. The minimum absolute atomic E-state index is 0.0421. The highest BCUT2D eigenvalue weighted by atomic mass is 35.5. The van der Waals surface area contributed by atoms with Gasteiger partial charge >= 0.3 is 0 Å². The van der Waals surface area contributed by atoms with E-state index in [1.54, 1.807) is 4.90 Å². The number of nitro benzene ring substituents is 1. The van der Waals surface area contributed by atoms with Crippen molar-refractivity contribution >= 4 is 23.2 Å². The highest BCUT2D eigenvalue weighted by Gasteiger charge is 2.28. The summed E-state index contributed by atoms with van der Waals surface area (Å²) in [6, 6.07) is 3.88. The van der Waals surface area contributed by atoms with E-state index in [1.165, 1.54) is 18.2 Å². The number of carbonyl (C=O) groups excluding carboxylic acids is 1. The molecule has 1 aliphatic rings.